The summed E-state index contributed by atoms with van der Waals surface area (Å²) in [6, 6.07) is 64.3. The predicted octanol–water partition coefficient (Wildman–Crippen LogP) is 14.4. The lowest BCUT2D eigenvalue weighted by molar-refractivity contribution is 1.32. The SMILES string of the molecule is c1ccc(-c2ccc(N(c3cccc4c3sc3c(-c5ccc6ccccc6c5)cccc34)c3cccc4sc5ccccc5c34)cc2)cc1. The van der Waals surface area contributed by atoms with E-state index >= 15 is 0 Å². The molecule has 0 bridgehead atoms. The Kier molecular flexibility index (Phi) is 6.61. The van der Waals surface area contributed by atoms with Gasteiger partial charge in [-0.1, -0.05) is 133 Å². The summed E-state index contributed by atoms with van der Waals surface area (Å²) in [6.07, 6.45) is 0. The van der Waals surface area contributed by atoms with Crippen LogP contribution in [0.2, 0.25) is 0 Å². The molecular weight excluding hydrogens is 631 g/mol. The van der Waals surface area contributed by atoms with Crippen LogP contribution in [-0.4, -0.2) is 0 Å². The molecule has 0 N–H and O–H groups in total. The number of nitrogens with zero attached hydrogens (tertiary/aromatic N) is 1. The molecule has 2 aromatic heterocycles. The first-order valence-electron chi connectivity index (χ1n) is 16.6. The fraction of sp³-hybridized carbons (Fsp3) is 0. The third kappa shape index (κ3) is 4.66. The first kappa shape index (κ1) is 28.3. The summed E-state index contributed by atoms with van der Waals surface area (Å²) in [5.41, 5.74) is 8.49. The number of fused-ring (bicyclic) bond motifs is 7. The van der Waals surface area contributed by atoms with Crippen molar-refractivity contribution in [2.24, 2.45) is 0 Å². The summed E-state index contributed by atoms with van der Waals surface area (Å²) < 4.78 is 5.21. The Morgan fingerprint density at radius 3 is 1.88 bits per heavy atom. The molecule has 49 heavy (non-hydrogen) atoms. The van der Waals surface area contributed by atoms with Crippen LogP contribution in [0.1, 0.15) is 0 Å². The zero-order chi connectivity index (χ0) is 32.3. The molecular formula is C46H29NS2. The van der Waals surface area contributed by atoms with Crippen LogP contribution in [0.3, 0.4) is 0 Å². The predicted molar refractivity (Wildman–Crippen MR) is 215 cm³/mol. The Morgan fingerprint density at radius 1 is 0.367 bits per heavy atom. The number of hydrogen-bond acceptors (Lipinski definition) is 3. The topological polar surface area (TPSA) is 3.24 Å². The molecule has 10 aromatic rings. The number of benzene rings is 8. The first-order chi connectivity index (χ1) is 24.3. The van der Waals surface area contributed by atoms with Crippen LogP contribution >= 0.6 is 22.7 Å². The summed E-state index contributed by atoms with van der Waals surface area (Å²) in [6.45, 7) is 0. The third-order valence-corrected chi connectivity index (χ3v) is 12.1. The van der Waals surface area contributed by atoms with Crippen LogP contribution < -0.4 is 4.90 Å². The van der Waals surface area contributed by atoms with Crippen molar-refractivity contribution in [3.05, 3.63) is 176 Å². The molecule has 0 radical (unpaired) electrons. The molecule has 8 aromatic carbocycles. The zero-order valence-corrected chi connectivity index (χ0v) is 28.1. The standard InChI is InChI=1S/C46H29NS2/c1-2-11-30(12-3-1)32-25-27-35(28-26-32)47(40-19-10-22-43-44(40)39-15-6-7-21-42(39)48-43)41-20-9-18-38-37-17-8-16-36(45(37)49-46(38)41)34-24-23-31-13-4-5-14-33(31)29-34/h1-29H. The van der Waals surface area contributed by atoms with Crippen LogP contribution in [0.15, 0.2) is 176 Å². The van der Waals surface area contributed by atoms with Gasteiger partial charge in [-0.25, -0.2) is 0 Å². The van der Waals surface area contributed by atoms with Crippen molar-refractivity contribution in [1.29, 1.82) is 0 Å². The summed E-state index contributed by atoms with van der Waals surface area (Å²) in [5.74, 6) is 0. The minimum atomic E-state index is 1.14. The summed E-state index contributed by atoms with van der Waals surface area (Å²) >= 11 is 3.77. The van der Waals surface area contributed by atoms with E-state index in [2.05, 4.69) is 181 Å². The van der Waals surface area contributed by atoms with Crippen LogP contribution in [0.5, 0.6) is 0 Å². The van der Waals surface area contributed by atoms with Crippen molar-refractivity contribution in [2.45, 2.75) is 0 Å². The van der Waals surface area contributed by atoms with Gasteiger partial charge >= 0.3 is 0 Å². The largest absolute Gasteiger partial charge is 0.308 e. The molecule has 2 heterocycles. The van der Waals surface area contributed by atoms with Gasteiger partial charge in [-0.2, -0.15) is 0 Å². The molecule has 0 aliphatic carbocycles. The molecule has 1 nitrogen and oxygen atoms in total. The highest BCUT2D eigenvalue weighted by Gasteiger charge is 2.22. The van der Waals surface area contributed by atoms with Crippen LogP contribution in [0.25, 0.3) is 73.4 Å². The molecule has 0 saturated carbocycles. The van der Waals surface area contributed by atoms with Gasteiger partial charge in [0.05, 0.1) is 16.1 Å². The van der Waals surface area contributed by atoms with Gasteiger partial charge in [-0.05, 0) is 75.5 Å². The average molecular weight is 660 g/mol. The van der Waals surface area contributed by atoms with E-state index in [-0.39, 0.29) is 0 Å². The van der Waals surface area contributed by atoms with Crippen LogP contribution in [0, 0.1) is 0 Å². The maximum absolute atomic E-state index is 2.49. The van der Waals surface area contributed by atoms with Gasteiger partial charge in [-0.3, -0.25) is 0 Å². The molecule has 0 atom stereocenters. The van der Waals surface area contributed by atoms with E-state index in [1.165, 1.54) is 84.7 Å². The molecule has 230 valence electrons. The molecule has 0 amide bonds. The fourth-order valence-electron chi connectivity index (χ4n) is 7.35. The average Bonchev–Trinajstić information content (AvgIpc) is 3.75. The van der Waals surface area contributed by atoms with Gasteiger partial charge in [0.1, 0.15) is 0 Å². The van der Waals surface area contributed by atoms with E-state index in [4.69, 9.17) is 0 Å². The van der Waals surface area contributed by atoms with E-state index in [0.29, 0.717) is 0 Å². The van der Waals surface area contributed by atoms with Gasteiger partial charge in [-0.15, -0.1) is 22.7 Å². The Balaban J connectivity index is 1.23. The number of anilines is 3. The Morgan fingerprint density at radius 2 is 1.00 bits per heavy atom. The second-order valence-corrected chi connectivity index (χ2v) is 14.6. The zero-order valence-electron chi connectivity index (χ0n) is 26.5. The highest BCUT2D eigenvalue weighted by molar-refractivity contribution is 7.27. The summed E-state index contributed by atoms with van der Waals surface area (Å²) in [4.78, 5) is 2.49. The molecule has 0 unspecified atom stereocenters. The van der Waals surface area contributed by atoms with Crippen molar-refractivity contribution in [3.63, 3.8) is 0 Å². The van der Waals surface area contributed by atoms with E-state index in [1.54, 1.807) is 0 Å². The number of rotatable bonds is 5. The number of thiophene rings is 2. The molecule has 0 aliphatic rings. The van der Waals surface area contributed by atoms with Crippen molar-refractivity contribution in [1.82, 2.24) is 0 Å². The highest BCUT2D eigenvalue weighted by Crippen LogP contribution is 2.50. The lowest BCUT2D eigenvalue weighted by Gasteiger charge is -2.27. The van der Waals surface area contributed by atoms with Gasteiger partial charge in [0.15, 0.2) is 0 Å². The Hall–Kier alpha value is -5.74. The maximum Gasteiger partial charge on any atom is 0.0640 e. The van der Waals surface area contributed by atoms with E-state index in [1.807, 2.05) is 22.7 Å². The molecule has 0 fully saturated rings. The second kappa shape index (κ2) is 11.5. The van der Waals surface area contributed by atoms with Crippen molar-refractivity contribution in [3.8, 4) is 22.3 Å². The lowest BCUT2D eigenvalue weighted by Crippen LogP contribution is -2.10. The van der Waals surface area contributed by atoms with E-state index in [9.17, 15) is 0 Å². The van der Waals surface area contributed by atoms with Gasteiger partial charge < -0.3 is 4.90 Å². The monoisotopic (exact) mass is 659 g/mol. The second-order valence-electron chi connectivity index (χ2n) is 12.5. The first-order valence-corrected chi connectivity index (χ1v) is 18.2. The normalized spacial score (nSPS) is 11.7. The Labute approximate surface area is 292 Å². The maximum atomic E-state index is 2.49. The highest BCUT2D eigenvalue weighted by atomic mass is 32.1. The van der Waals surface area contributed by atoms with Crippen molar-refractivity contribution in [2.75, 3.05) is 4.90 Å². The minimum Gasteiger partial charge on any atom is -0.308 e. The van der Waals surface area contributed by atoms with Gasteiger partial charge in [0.25, 0.3) is 0 Å². The fourth-order valence-corrected chi connectivity index (χ4v) is 9.82. The number of hydrogen-bond donors (Lipinski definition) is 0. The lowest BCUT2D eigenvalue weighted by atomic mass is 9.99. The quantitative estimate of drug-likeness (QED) is 0.178. The molecule has 0 spiro atoms. The summed E-state index contributed by atoms with van der Waals surface area (Å²) in [7, 11) is 0. The summed E-state index contributed by atoms with van der Waals surface area (Å²) in [5, 5.41) is 7.71. The third-order valence-electron chi connectivity index (χ3n) is 9.66. The van der Waals surface area contributed by atoms with Crippen LogP contribution in [0.4, 0.5) is 17.1 Å². The minimum absolute atomic E-state index is 1.14. The smallest absolute Gasteiger partial charge is 0.0640 e. The van der Waals surface area contributed by atoms with Crippen molar-refractivity contribution < 1.29 is 0 Å². The van der Waals surface area contributed by atoms with Gasteiger partial charge in [0.2, 0.25) is 0 Å². The molecule has 0 saturated heterocycles. The Bertz CT molecular complexity index is 2830. The molecule has 10 rings (SSSR count). The van der Waals surface area contributed by atoms with Crippen LogP contribution in [-0.2, 0) is 0 Å². The molecule has 3 heteroatoms. The van der Waals surface area contributed by atoms with E-state index in [0.717, 1.165) is 5.69 Å². The molecule has 0 aliphatic heterocycles. The van der Waals surface area contributed by atoms with Crippen molar-refractivity contribution >= 4 is 90.9 Å². The van der Waals surface area contributed by atoms with E-state index < -0.39 is 0 Å². The van der Waals surface area contributed by atoms with Gasteiger partial charge in [0, 0.05) is 41.3 Å².